The number of hydrogen-bond acceptors (Lipinski definition) is 1. The Morgan fingerprint density at radius 3 is 3.17 bits per heavy atom. The second kappa shape index (κ2) is 1.43. The topological polar surface area (TPSA) is 28.7 Å². The van der Waals surface area contributed by atoms with E-state index in [-0.39, 0.29) is 0 Å². The first kappa shape index (κ1) is 2.80. The number of nitrogens with zero attached hydrogens (tertiary/aromatic N) is 1. The Morgan fingerprint density at radius 2 is 3.00 bits per heavy atom. The van der Waals surface area contributed by atoms with E-state index in [4.69, 9.17) is 1.37 Å². The zero-order chi connectivity index (χ0) is 5.28. The van der Waals surface area contributed by atoms with E-state index in [0.717, 1.165) is 0 Å². The first-order valence-corrected chi connectivity index (χ1v) is 2.25. The summed E-state index contributed by atoms with van der Waals surface area (Å²) in [6, 6.07) is 0. The molecule has 0 aliphatic heterocycles. The highest BCUT2D eigenvalue weighted by atomic mass is 79.9. The molecule has 0 spiro atoms. The molecule has 0 fully saturated rings. The average molecular weight is 148 g/mol. The molecule has 0 amide bonds. The summed E-state index contributed by atoms with van der Waals surface area (Å²) in [4.78, 5) is 0. The lowest BCUT2D eigenvalue weighted by atomic mass is 10.8. The van der Waals surface area contributed by atoms with Crippen molar-refractivity contribution in [1.29, 1.82) is 0 Å². The van der Waals surface area contributed by atoms with Gasteiger partial charge in [0.15, 0.2) is 0 Å². The highest BCUT2D eigenvalue weighted by Gasteiger charge is 1.77. The zero-order valence-electron chi connectivity index (χ0n) is 3.90. The van der Waals surface area contributed by atoms with E-state index in [1.165, 1.54) is 0 Å². The molecule has 0 aliphatic carbocycles. The van der Waals surface area contributed by atoms with Crippen LogP contribution in [0.15, 0.2) is 16.8 Å². The van der Waals surface area contributed by atoms with Crippen molar-refractivity contribution in [2.24, 2.45) is 0 Å². The SMILES string of the molecule is [2H]c1[nH]ncc1Br. The van der Waals surface area contributed by atoms with Gasteiger partial charge in [-0.25, -0.2) is 0 Å². The van der Waals surface area contributed by atoms with Gasteiger partial charge in [-0.3, -0.25) is 5.10 Å². The molecule has 0 aliphatic rings. The molecular weight excluding hydrogens is 144 g/mol. The lowest BCUT2D eigenvalue weighted by molar-refractivity contribution is 1.09. The molecule has 1 aromatic heterocycles. The van der Waals surface area contributed by atoms with Crippen LogP contribution in [-0.4, -0.2) is 10.2 Å². The fraction of sp³-hybridized carbons (Fsp3) is 0. The number of aromatic nitrogens is 2. The Bertz CT molecular complexity index is 145. The molecule has 6 heavy (non-hydrogen) atoms. The van der Waals surface area contributed by atoms with Crippen LogP contribution < -0.4 is 0 Å². The summed E-state index contributed by atoms with van der Waals surface area (Å²) in [5, 5.41) is 6.00. The van der Waals surface area contributed by atoms with Crippen LogP contribution >= 0.6 is 15.9 Å². The van der Waals surface area contributed by atoms with E-state index >= 15 is 0 Å². The third-order valence-electron chi connectivity index (χ3n) is 0.418. The van der Waals surface area contributed by atoms with Crippen molar-refractivity contribution in [3.8, 4) is 0 Å². The molecule has 1 N–H and O–H groups in total. The van der Waals surface area contributed by atoms with E-state index in [1.807, 2.05) is 0 Å². The number of aromatic amines is 1. The summed E-state index contributed by atoms with van der Waals surface area (Å²) < 4.78 is 7.64. The number of halogens is 1. The van der Waals surface area contributed by atoms with E-state index in [9.17, 15) is 0 Å². The molecule has 0 bridgehead atoms. The summed E-state index contributed by atoms with van der Waals surface area (Å²) in [7, 11) is 0. The van der Waals surface area contributed by atoms with Crippen LogP contribution in [0.25, 0.3) is 0 Å². The maximum Gasteiger partial charge on any atom is 0.0846 e. The molecule has 0 saturated carbocycles. The Kier molecular flexibility index (Phi) is 0.665. The van der Waals surface area contributed by atoms with Crippen LogP contribution in [0.1, 0.15) is 1.37 Å². The number of nitrogens with one attached hydrogen (secondary N) is 1. The summed E-state index contributed by atoms with van der Waals surface area (Å²) in [5.41, 5.74) is 0. The van der Waals surface area contributed by atoms with Gasteiger partial charge in [-0.05, 0) is 15.9 Å². The molecular formula is C3H3BrN2. The zero-order valence-corrected chi connectivity index (χ0v) is 4.49. The van der Waals surface area contributed by atoms with Crippen LogP contribution in [0.4, 0.5) is 0 Å². The third kappa shape index (κ3) is 0.597. The molecule has 0 aromatic carbocycles. The quantitative estimate of drug-likeness (QED) is 0.587. The molecule has 0 saturated heterocycles. The molecule has 1 aromatic rings. The molecule has 0 radical (unpaired) electrons. The van der Waals surface area contributed by atoms with Crippen LogP contribution in [0.2, 0.25) is 0 Å². The van der Waals surface area contributed by atoms with Gasteiger partial charge in [-0.2, -0.15) is 5.10 Å². The number of H-pyrrole nitrogens is 1. The fourth-order valence-corrected chi connectivity index (χ4v) is 0.398. The maximum atomic E-state index is 6.93. The van der Waals surface area contributed by atoms with Crippen LogP contribution in [0.5, 0.6) is 0 Å². The minimum absolute atomic E-state index is 0.319. The summed E-state index contributed by atoms with van der Waals surface area (Å²) in [6.45, 7) is 0. The Labute approximate surface area is 45.1 Å². The fourth-order valence-electron chi connectivity index (χ4n) is 0.207. The molecule has 2 nitrogen and oxygen atoms in total. The average Bonchev–Trinajstić information content (AvgIpc) is 1.91. The normalized spacial score (nSPS) is 11.2. The van der Waals surface area contributed by atoms with Crippen molar-refractivity contribution < 1.29 is 1.37 Å². The first-order chi connectivity index (χ1) is 3.30. The first-order valence-electron chi connectivity index (χ1n) is 1.96. The monoisotopic (exact) mass is 147 g/mol. The van der Waals surface area contributed by atoms with Crippen molar-refractivity contribution >= 4 is 15.9 Å². The van der Waals surface area contributed by atoms with Gasteiger partial charge < -0.3 is 0 Å². The highest BCUT2D eigenvalue weighted by Crippen LogP contribution is 2.01. The number of rotatable bonds is 0. The number of hydrogen-bond donors (Lipinski definition) is 1. The lowest BCUT2D eigenvalue weighted by Gasteiger charge is -1.59. The molecule has 0 atom stereocenters. The van der Waals surface area contributed by atoms with Gasteiger partial charge in [-0.1, -0.05) is 0 Å². The predicted octanol–water partition coefficient (Wildman–Crippen LogP) is 1.17. The second-order valence-electron chi connectivity index (χ2n) is 0.843. The molecule has 3 heteroatoms. The van der Waals surface area contributed by atoms with Crippen molar-refractivity contribution in [3.05, 3.63) is 16.8 Å². The van der Waals surface area contributed by atoms with Gasteiger partial charge in [0.1, 0.15) is 0 Å². The van der Waals surface area contributed by atoms with Gasteiger partial charge in [0.25, 0.3) is 0 Å². The Balaban J connectivity index is 3.12. The second-order valence-corrected chi connectivity index (χ2v) is 1.70. The predicted molar refractivity (Wildman–Crippen MR) is 26.3 cm³/mol. The molecule has 32 valence electrons. The molecule has 0 unspecified atom stereocenters. The van der Waals surface area contributed by atoms with Gasteiger partial charge in [0.05, 0.1) is 12.0 Å². The van der Waals surface area contributed by atoms with Crippen molar-refractivity contribution in [2.45, 2.75) is 0 Å². The Morgan fingerprint density at radius 1 is 2.17 bits per heavy atom. The summed E-state index contributed by atoms with van der Waals surface area (Å²) in [5.74, 6) is 0. The molecule has 1 rings (SSSR count). The smallest absolute Gasteiger partial charge is 0.0846 e. The van der Waals surface area contributed by atoms with Gasteiger partial charge in [0, 0.05) is 6.17 Å². The van der Waals surface area contributed by atoms with Gasteiger partial charge in [0.2, 0.25) is 0 Å². The maximum absolute atomic E-state index is 6.93. The standard InChI is InChI=1S/C3H3BrN2/c4-3-1-5-6-2-3/h1-2H,(H,5,6)/i1D. The molecule has 1 heterocycles. The van der Waals surface area contributed by atoms with Crippen molar-refractivity contribution in [2.75, 3.05) is 0 Å². The van der Waals surface area contributed by atoms with Crippen molar-refractivity contribution in [3.63, 3.8) is 0 Å². The van der Waals surface area contributed by atoms with Crippen molar-refractivity contribution in [1.82, 2.24) is 10.2 Å². The summed E-state index contributed by atoms with van der Waals surface area (Å²) in [6.07, 6.45) is 1.86. The third-order valence-corrected chi connectivity index (χ3v) is 0.821. The van der Waals surface area contributed by atoms with Crippen LogP contribution in [0, 0.1) is 0 Å². The summed E-state index contributed by atoms with van der Waals surface area (Å²) >= 11 is 3.08. The largest absolute Gasteiger partial charge is 0.285 e. The van der Waals surface area contributed by atoms with Crippen LogP contribution in [-0.2, 0) is 0 Å². The van der Waals surface area contributed by atoms with E-state index in [2.05, 4.69) is 26.1 Å². The van der Waals surface area contributed by atoms with Gasteiger partial charge >= 0.3 is 0 Å². The van der Waals surface area contributed by atoms with Crippen LogP contribution in [0.3, 0.4) is 0 Å². The highest BCUT2D eigenvalue weighted by molar-refractivity contribution is 9.10. The van der Waals surface area contributed by atoms with E-state index < -0.39 is 0 Å². The van der Waals surface area contributed by atoms with E-state index in [1.54, 1.807) is 6.20 Å². The van der Waals surface area contributed by atoms with E-state index in [0.29, 0.717) is 10.6 Å². The minimum atomic E-state index is 0.319. The minimum Gasteiger partial charge on any atom is -0.285 e. The Hall–Kier alpha value is -0.310. The van der Waals surface area contributed by atoms with Gasteiger partial charge in [-0.15, -0.1) is 0 Å². The lowest BCUT2D eigenvalue weighted by Crippen LogP contribution is -1.53.